The number of anilines is 2. The number of hydrogen-bond donors (Lipinski definition) is 10. The average Bonchev–Trinajstić information content (AvgIpc) is 3.76. The van der Waals surface area contributed by atoms with Crippen molar-refractivity contribution in [1.29, 1.82) is 0 Å². The summed E-state index contributed by atoms with van der Waals surface area (Å²) in [5.41, 5.74) is 10.1. The van der Waals surface area contributed by atoms with Crippen molar-refractivity contribution in [1.82, 2.24) is 39.0 Å². The number of aromatic nitrogens is 8. The zero-order valence-electron chi connectivity index (χ0n) is 24.9. The fraction of sp³-hybridized carbons (Fsp3) is 0.545. The number of fused-ring (bicyclic) bond motifs is 4. The van der Waals surface area contributed by atoms with Gasteiger partial charge in [-0.1, -0.05) is 23.5 Å². The molecule has 4 aromatic rings. The summed E-state index contributed by atoms with van der Waals surface area (Å²) in [6.07, 6.45) is -9.57. The Bertz CT molecular complexity index is 1950. The van der Waals surface area contributed by atoms with Crippen molar-refractivity contribution in [3.05, 3.63) is 20.7 Å². The standard InChI is InChI=1S/C22H26N10O14P2S2/c23-19-27-13-7(15(35)29-19)25-21(31(13)17-9(33)11-5(43-17)3-41-47(37,38)45-11)49-1-2-50-22-26-8-14(28-20(24)30-16(8)36)32(22)18-10(34)12-6(44-18)4-42-48(39,40)46-12/h5-6,9-12,17-18,33-34,37-40H,1-4H2,(H4-2,23,24,27,28,29,30,35,36)/p+2/t5?,6?,9?,10?,11-,12-,17-,18-/m1/s1. The highest BCUT2D eigenvalue weighted by Gasteiger charge is 2.61. The fourth-order valence-electron chi connectivity index (χ4n) is 6.00. The van der Waals surface area contributed by atoms with E-state index in [0.29, 0.717) is 0 Å². The van der Waals surface area contributed by atoms with E-state index in [9.17, 15) is 39.4 Å². The Balaban J connectivity index is 1.07. The van der Waals surface area contributed by atoms with E-state index < -0.39 is 76.5 Å². The van der Waals surface area contributed by atoms with Gasteiger partial charge in [0.05, 0.1) is 0 Å². The lowest BCUT2D eigenvalue weighted by atomic mass is 10.1. The Morgan fingerprint density at radius 2 is 1.12 bits per heavy atom. The molecule has 4 fully saturated rings. The number of nitrogens with zero attached hydrogens (tertiary/aromatic N) is 6. The van der Waals surface area contributed by atoms with Gasteiger partial charge in [0, 0.05) is 11.5 Å². The molecule has 4 saturated heterocycles. The third-order valence-electron chi connectivity index (χ3n) is 8.08. The normalized spacial score (nSPS) is 31.7. The largest absolute Gasteiger partial charge is 0.570 e. The molecule has 4 unspecified atom stereocenters. The molecule has 8 heterocycles. The second-order valence-corrected chi connectivity index (χ2v) is 16.3. The van der Waals surface area contributed by atoms with Crippen LogP contribution in [0.4, 0.5) is 11.9 Å². The number of thioether (sulfide) groups is 2. The molecule has 0 aliphatic carbocycles. The van der Waals surface area contributed by atoms with Gasteiger partial charge in [-0.05, 0) is 0 Å². The molecule has 0 aromatic carbocycles. The minimum atomic E-state index is -4.18. The molecule has 4 aliphatic rings. The van der Waals surface area contributed by atoms with E-state index in [1.165, 1.54) is 9.13 Å². The molecule has 0 spiro atoms. The van der Waals surface area contributed by atoms with Crippen LogP contribution in [0.1, 0.15) is 12.5 Å². The van der Waals surface area contributed by atoms with Crippen LogP contribution in [0.25, 0.3) is 22.3 Å². The number of nitrogens with two attached hydrogens (primary N) is 2. The molecule has 270 valence electrons. The summed E-state index contributed by atoms with van der Waals surface area (Å²) in [6.45, 7) is -0.568. The second kappa shape index (κ2) is 12.5. The van der Waals surface area contributed by atoms with Crippen molar-refractivity contribution in [2.24, 2.45) is 0 Å². The predicted octanol–water partition coefficient (Wildman–Crippen LogP) is -2.73. The maximum atomic E-state index is 12.8. The van der Waals surface area contributed by atoms with Crippen molar-refractivity contribution in [2.75, 3.05) is 36.2 Å². The second-order valence-electron chi connectivity index (χ2n) is 11.3. The Kier molecular flexibility index (Phi) is 8.62. The van der Waals surface area contributed by atoms with Crippen LogP contribution in [0, 0.1) is 0 Å². The minimum absolute atomic E-state index is 0.0129. The van der Waals surface area contributed by atoms with Crippen molar-refractivity contribution in [3.63, 3.8) is 0 Å². The molecule has 8 atom stereocenters. The molecule has 0 saturated carbocycles. The summed E-state index contributed by atoms with van der Waals surface area (Å²) in [4.78, 5) is 87.1. The quantitative estimate of drug-likeness (QED) is 0.0517. The van der Waals surface area contributed by atoms with E-state index >= 15 is 0 Å². The van der Waals surface area contributed by atoms with Crippen LogP contribution in [0.2, 0.25) is 0 Å². The minimum Gasteiger partial charge on any atom is -0.385 e. The van der Waals surface area contributed by atoms with Gasteiger partial charge in [-0.25, -0.2) is 9.97 Å². The first kappa shape index (κ1) is 34.5. The van der Waals surface area contributed by atoms with E-state index in [0.717, 1.165) is 23.5 Å². The molecule has 0 bridgehead atoms. The van der Waals surface area contributed by atoms with Gasteiger partial charge >= 0.3 is 16.3 Å². The van der Waals surface area contributed by atoms with Gasteiger partial charge in [0.15, 0.2) is 57.3 Å². The lowest BCUT2D eigenvalue weighted by molar-refractivity contribution is -0.0764. The Hall–Kier alpha value is -2.62. The molecule has 0 amide bonds. The van der Waals surface area contributed by atoms with Gasteiger partial charge < -0.3 is 31.2 Å². The molecule has 8 rings (SSSR count). The smallest absolute Gasteiger partial charge is 0.385 e. The van der Waals surface area contributed by atoms with Gasteiger partial charge in [-0.2, -0.15) is 38.6 Å². The van der Waals surface area contributed by atoms with Crippen LogP contribution in [0.3, 0.4) is 0 Å². The molecular formula is C22H28N10O14P2S2+2. The number of nitrogens with one attached hydrogen (secondary N) is 2. The van der Waals surface area contributed by atoms with Crippen LogP contribution in [-0.4, -0.2) is 130 Å². The monoisotopic (exact) mass is 782 g/mol. The topological polar surface area (TPSA) is 356 Å². The van der Waals surface area contributed by atoms with E-state index in [1.807, 2.05) is 0 Å². The highest BCUT2D eigenvalue weighted by molar-refractivity contribution is 8.02. The number of hydrogen-bond acceptors (Lipinski definition) is 22. The van der Waals surface area contributed by atoms with Crippen molar-refractivity contribution < 1.29 is 57.4 Å². The first-order valence-corrected chi connectivity index (χ1v) is 19.6. The first-order chi connectivity index (χ1) is 23.7. The van der Waals surface area contributed by atoms with Crippen LogP contribution in [-0.2, 0) is 27.6 Å². The summed E-state index contributed by atoms with van der Waals surface area (Å²) < 4.78 is 34.9. The summed E-state index contributed by atoms with van der Waals surface area (Å²) in [7, 11) is -8.37. The Morgan fingerprint density at radius 1 is 0.720 bits per heavy atom. The molecule has 50 heavy (non-hydrogen) atoms. The van der Waals surface area contributed by atoms with E-state index in [1.54, 1.807) is 0 Å². The molecule has 4 aliphatic heterocycles. The maximum absolute atomic E-state index is 12.8. The molecule has 4 aromatic heterocycles. The number of aliphatic hydroxyl groups excluding tert-OH is 2. The summed E-state index contributed by atoms with van der Waals surface area (Å²) in [5, 5.41) is 22.7. The van der Waals surface area contributed by atoms with Gasteiger partial charge in [0.2, 0.25) is 11.9 Å². The third kappa shape index (κ3) is 5.97. The Morgan fingerprint density at radius 3 is 1.52 bits per heavy atom. The van der Waals surface area contributed by atoms with Crippen LogP contribution < -0.4 is 22.6 Å². The van der Waals surface area contributed by atoms with Crippen molar-refractivity contribution >= 4 is 74.1 Å². The molecular weight excluding hydrogens is 754 g/mol. The molecule has 12 N–H and O–H groups in total. The number of aliphatic hydroxyl groups is 2. The summed E-state index contributed by atoms with van der Waals surface area (Å²) >= 11 is 2.26. The highest BCUT2D eigenvalue weighted by atomic mass is 32.2. The van der Waals surface area contributed by atoms with Gasteiger partial charge in [-0.15, -0.1) is 9.05 Å². The Labute approximate surface area is 286 Å². The van der Waals surface area contributed by atoms with Crippen LogP contribution in [0.15, 0.2) is 19.9 Å². The molecule has 28 heteroatoms. The average molecular weight is 783 g/mol. The van der Waals surface area contributed by atoms with Crippen LogP contribution >= 0.6 is 39.9 Å². The summed E-state index contributed by atoms with van der Waals surface area (Å²) in [5.74, 6) is 0.0632. The van der Waals surface area contributed by atoms with E-state index in [4.69, 9.17) is 39.0 Å². The van der Waals surface area contributed by atoms with Gasteiger partial charge in [0.25, 0.3) is 11.1 Å². The molecule has 24 nitrogen and oxygen atoms in total. The van der Waals surface area contributed by atoms with E-state index in [2.05, 4.69) is 29.9 Å². The third-order valence-corrected chi connectivity index (χ3v) is 12.3. The zero-order valence-corrected chi connectivity index (χ0v) is 28.4. The summed E-state index contributed by atoms with van der Waals surface area (Å²) in [6, 6.07) is 0. The van der Waals surface area contributed by atoms with Crippen LogP contribution in [0.5, 0.6) is 0 Å². The maximum Gasteiger partial charge on any atom is 0.570 e. The zero-order chi connectivity index (χ0) is 35.3. The number of ether oxygens (including phenoxy) is 2. The molecule has 0 radical (unpaired) electrons. The number of nitrogen functional groups attached to an aromatic ring is 2. The highest BCUT2D eigenvalue weighted by Crippen LogP contribution is 2.60. The van der Waals surface area contributed by atoms with Gasteiger partial charge in [-0.3, -0.25) is 28.7 Å². The number of imidazole rings is 2. The lowest BCUT2D eigenvalue weighted by Gasteiger charge is -2.24. The number of H-pyrrole nitrogens is 2. The van der Waals surface area contributed by atoms with Gasteiger partial charge in [0.1, 0.15) is 37.6 Å². The predicted molar refractivity (Wildman–Crippen MR) is 171 cm³/mol. The number of aromatic amines is 2. The first-order valence-electron chi connectivity index (χ1n) is 14.5. The number of rotatable bonds is 7. The van der Waals surface area contributed by atoms with E-state index in [-0.39, 0.29) is 69.3 Å². The SMILES string of the molecule is Nc1nc2c(nc(SCCSc3nc4c(=O)[nH]c(N)nc4n3[C@@H]3OC4CO[P+](O)(O)O[C@H]4C3O)n2[C@@H]2OC3CO[P+](O)(O)O[C@H]3C2O)c(=O)[nH]1. The fourth-order valence-corrected chi connectivity index (χ4v) is 9.96. The van der Waals surface area contributed by atoms with Crippen molar-refractivity contribution in [3.8, 4) is 0 Å². The van der Waals surface area contributed by atoms with Crippen molar-refractivity contribution in [2.45, 2.75) is 59.4 Å². The lowest BCUT2D eigenvalue weighted by Crippen LogP contribution is -2.40.